The van der Waals surface area contributed by atoms with Crippen molar-refractivity contribution in [3.63, 3.8) is 0 Å². The van der Waals surface area contributed by atoms with Crippen molar-refractivity contribution < 1.29 is 9.84 Å². The van der Waals surface area contributed by atoms with Crippen LogP contribution in [0.3, 0.4) is 0 Å². The quantitative estimate of drug-likeness (QED) is 0.677. The van der Waals surface area contributed by atoms with Crippen LogP contribution in [0, 0.1) is 5.92 Å². The number of ether oxygens (including phenoxy) is 1. The SMILES string of the molecule is OC1(COCCC2CCC2)CCNCC1. The van der Waals surface area contributed by atoms with Gasteiger partial charge in [-0.1, -0.05) is 19.3 Å². The number of piperidine rings is 1. The molecule has 1 heterocycles. The van der Waals surface area contributed by atoms with Gasteiger partial charge in [0.2, 0.25) is 0 Å². The second kappa shape index (κ2) is 5.28. The fourth-order valence-corrected chi connectivity index (χ4v) is 2.33. The summed E-state index contributed by atoms with van der Waals surface area (Å²) in [5.41, 5.74) is -0.551. The Morgan fingerprint density at radius 2 is 2.00 bits per heavy atom. The second-order valence-corrected chi connectivity index (χ2v) is 5.11. The molecule has 3 nitrogen and oxygen atoms in total. The van der Waals surface area contributed by atoms with E-state index in [0.717, 1.165) is 38.5 Å². The smallest absolute Gasteiger partial charge is 0.0904 e. The summed E-state index contributed by atoms with van der Waals surface area (Å²) in [6.45, 7) is 3.20. The zero-order valence-corrected chi connectivity index (χ0v) is 9.50. The van der Waals surface area contributed by atoms with Crippen molar-refractivity contribution in [3.8, 4) is 0 Å². The van der Waals surface area contributed by atoms with Gasteiger partial charge >= 0.3 is 0 Å². The Morgan fingerprint density at radius 3 is 2.60 bits per heavy atom. The summed E-state index contributed by atoms with van der Waals surface area (Å²) in [4.78, 5) is 0. The van der Waals surface area contributed by atoms with Crippen LogP contribution in [0.15, 0.2) is 0 Å². The molecule has 0 spiro atoms. The fourth-order valence-electron chi connectivity index (χ4n) is 2.33. The first-order valence-corrected chi connectivity index (χ1v) is 6.29. The molecule has 0 bridgehead atoms. The minimum atomic E-state index is -0.551. The van der Waals surface area contributed by atoms with Gasteiger partial charge < -0.3 is 15.2 Å². The van der Waals surface area contributed by atoms with E-state index in [-0.39, 0.29) is 0 Å². The van der Waals surface area contributed by atoms with E-state index in [2.05, 4.69) is 5.32 Å². The predicted molar refractivity (Wildman–Crippen MR) is 59.8 cm³/mol. The van der Waals surface area contributed by atoms with Gasteiger partial charge in [0, 0.05) is 6.61 Å². The van der Waals surface area contributed by atoms with Crippen LogP contribution >= 0.6 is 0 Å². The molecule has 2 aliphatic rings. The molecule has 15 heavy (non-hydrogen) atoms. The van der Waals surface area contributed by atoms with Crippen molar-refractivity contribution in [2.24, 2.45) is 5.92 Å². The van der Waals surface area contributed by atoms with E-state index in [1.54, 1.807) is 0 Å². The maximum Gasteiger partial charge on any atom is 0.0904 e. The van der Waals surface area contributed by atoms with Crippen LogP contribution in [-0.2, 0) is 4.74 Å². The van der Waals surface area contributed by atoms with Gasteiger partial charge in [0.1, 0.15) is 0 Å². The number of hydrogen-bond acceptors (Lipinski definition) is 3. The molecule has 0 aromatic rings. The minimum Gasteiger partial charge on any atom is -0.387 e. The van der Waals surface area contributed by atoms with E-state index in [1.807, 2.05) is 0 Å². The Balaban J connectivity index is 1.55. The average Bonchev–Trinajstić information content (AvgIpc) is 2.16. The van der Waals surface area contributed by atoms with Crippen molar-refractivity contribution in [3.05, 3.63) is 0 Å². The molecule has 88 valence electrons. The fraction of sp³-hybridized carbons (Fsp3) is 1.00. The second-order valence-electron chi connectivity index (χ2n) is 5.11. The van der Waals surface area contributed by atoms with Crippen LogP contribution in [0.25, 0.3) is 0 Å². The Morgan fingerprint density at radius 1 is 1.27 bits per heavy atom. The minimum absolute atomic E-state index is 0.529. The third-order valence-corrected chi connectivity index (χ3v) is 3.80. The van der Waals surface area contributed by atoms with Crippen LogP contribution in [0.2, 0.25) is 0 Å². The van der Waals surface area contributed by atoms with E-state index in [0.29, 0.717) is 6.61 Å². The molecule has 0 amide bonds. The van der Waals surface area contributed by atoms with Gasteiger partial charge in [0.25, 0.3) is 0 Å². The summed E-state index contributed by atoms with van der Waals surface area (Å²) in [6, 6.07) is 0. The van der Waals surface area contributed by atoms with Gasteiger partial charge in [0.15, 0.2) is 0 Å². The number of rotatable bonds is 5. The molecular weight excluding hydrogens is 190 g/mol. The first kappa shape index (κ1) is 11.4. The summed E-state index contributed by atoms with van der Waals surface area (Å²) in [5.74, 6) is 0.910. The van der Waals surface area contributed by atoms with E-state index in [9.17, 15) is 5.11 Å². The normalized spacial score (nSPS) is 26.2. The highest BCUT2D eigenvalue weighted by Gasteiger charge is 2.29. The van der Waals surface area contributed by atoms with Crippen LogP contribution in [0.1, 0.15) is 38.5 Å². The molecule has 0 unspecified atom stereocenters. The monoisotopic (exact) mass is 213 g/mol. The number of aliphatic hydroxyl groups is 1. The Hall–Kier alpha value is -0.120. The number of hydrogen-bond donors (Lipinski definition) is 2. The lowest BCUT2D eigenvalue weighted by atomic mass is 9.83. The first-order valence-electron chi connectivity index (χ1n) is 6.29. The Bertz CT molecular complexity index is 186. The molecule has 0 radical (unpaired) electrons. The summed E-state index contributed by atoms with van der Waals surface area (Å²) in [6.07, 6.45) is 7.02. The van der Waals surface area contributed by atoms with E-state index in [1.165, 1.54) is 25.7 Å². The van der Waals surface area contributed by atoms with Crippen LogP contribution in [-0.4, -0.2) is 37.0 Å². The van der Waals surface area contributed by atoms with Crippen molar-refractivity contribution in [1.29, 1.82) is 0 Å². The van der Waals surface area contributed by atoms with Gasteiger partial charge in [-0.3, -0.25) is 0 Å². The highest BCUT2D eigenvalue weighted by Crippen LogP contribution is 2.29. The van der Waals surface area contributed by atoms with Crippen molar-refractivity contribution >= 4 is 0 Å². The molecule has 2 N–H and O–H groups in total. The lowest BCUT2D eigenvalue weighted by molar-refractivity contribution is -0.0670. The van der Waals surface area contributed by atoms with Crippen molar-refractivity contribution in [1.82, 2.24) is 5.32 Å². The molecule has 2 fully saturated rings. The van der Waals surface area contributed by atoms with Crippen LogP contribution in [0.5, 0.6) is 0 Å². The van der Waals surface area contributed by atoms with Crippen molar-refractivity contribution in [2.75, 3.05) is 26.3 Å². The van der Waals surface area contributed by atoms with Crippen molar-refractivity contribution in [2.45, 2.75) is 44.1 Å². The molecule has 0 aromatic carbocycles. The first-order chi connectivity index (χ1) is 7.29. The lowest BCUT2D eigenvalue weighted by Crippen LogP contribution is -2.45. The van der Waals surface area contributed by atoms with Gasteiger partial charge in [0.05, 0.1) is 12.2 Å². The largest absolute Gasteiger partial charge is 0.387 e. The summed E-state index contributed by atoms with van der Waals surface area (Å²) in [5, 5.41) is 13.4. The maximum atomic E-state index is 10.1. The molecule has 1 aliphatic heterocycles. The van der Waals surface area contributed by atoms with E-state index in [4.69, 9.17) is 4.74 Å². The summed E-state index contributed by atoms with van der Waals surface area (Å²) in [7, 11) is 0. The molecule has 1 aliphatic carbocycles. The zero-order valence-electron chi connectivity index (χ0n) is 9.50. The van der Waals surface area contributed by atoms with Crippen LogP contribution < -0.4 is 5.32 Å². The lowest BCUT2D eigenvalue weighted by Gasteiger charge is -2.32. The molecular formula is C12H23NO2. The Kier molecular flexibility index (Phi) is 4.00. The zero-order chi connectivity index (χ0) is 10.6. The van der Waals surface area contributed by atoms with E-state index < -0.39 is 5.60 Å². The van der Waals surface area contributed by atoms with Gasteiger partial charge in [-0.25, -0.2) is 0 Å². The van der Waals surface area contributed by atoms with E-state index >= 15 is 0 Å². The molecule has 3 heteroatoms. The molecule has 0 atom stereocenters. The summed E-state index contributed by atoms with van der Waals surface area (Å²) < 4.78 is 5.60. The standard InChI is InChI=1S/C12H23NO2/c14-12(5-7-13-8-6-12)10-15-9-4-11-2-1-3-11/h11,13-14H,1-10H2. The van der Waals surface area contributed by atoms with Crippen LogP contribution in [0.4, 0.5) is 0 Å². The molecule has 0 aromatic heterocycles. The number of nitrogens with one attached hydrogen (secondary N) is 1. The Labute approximate surface area is 92.2 Å². The predicted octanol–water partition coefficient (Wildman–Crippen LogP) is 1.31. The highest BCUT2D eigenvalue weighted by atomic mass is 16.5. The van der Waals surface area contributed by atoms with Gasteiger partial charge in [-0.15, -0.1) is 0 Å². The van der Waals surface area contributed by atoms with Gasteiger partial charge in [-0.05, 0) is 38.3 Å². The highest BCUT2D eigenvalue weighted by molar-refractivity contribution is 4.84. The maximum absolute atomic E-state index is 10.1. The average molecular weight is 213 g/mol. The molecule has 1 saturated heterocycles. The third kappa shape index (κ3) is 3.44. The third-order valence-electron chi connectivity index (χ3n) is 3.80. The summed E-state index contributed by atoms with van der Waals surface area (Å²) >= 11 is 0. The molecule has 1 saturated carbocycles. The molecule has 2 rings (SSSR count). The topological polar surface area (TPSA) is 41.5 Å². The van der Waals surface area contributed by atoms with Gasteiger partial charge in [-0.2, -0.15) is 0 Å².